The van der Waals surface area contributed by atoms with Crippen LogP contribution in [-0.4, -0.2) is 25.2 Å². The first kappa shape index (κ1) is 16.0. The number of nitrogens with one attached hydrogen (secondary N) is 1. The maximum atomic E-state index is 12.9. The van der Waals surface area contributed by atoms with Gasteiger partial charge in [0.05, 0.1) is 4.99 Å². The molecular formula is C12H17FN2O2S2. The van der Waals surface area contributed by atoms with E-state index in [0.717, 1.165) is 11.1 Å². The molecule has 0 aliphatic rings. The predicted molar refractivity (Wildman–Crippen MR) is 78.0 cm³/mol. The summed E-state index contributed by atoms with van der Waals surface area (Å²) in [5.74, 6) is -0.302. The first-order chi connectivity index (χ1) is 8.74. The Morgan fingerprint density at radius 2 is 2.16 bits per heavy atom. The van der Waals surface area contributed by atoms with Crippen molar-refractivity contribution in [3.8, 4) is 0 Å². The summed E-state index contributed by atoms with van der Waals surface area (Å²) in [7, 11) is -3.54. The molecule has 0 radical (unpaired) electrons. The number of nitrogens with two attached hydrogens (primary N) is 1. The van der Waals surface area contributed by atoms with Gasteiger partial charge in [0.1, 0.15) is 11.1 Å². The lowest BCUT2D eigenvalue weighted by Gasteiger charge is -2.13. The van der Waals surface area contributed by atoms with Crippen LogP contribution in [0.1, 0.15) is 18.1 Å². The lowest BCUT2D eigenvalue weighted by molar-refractivity contribution is 0.578. The highest BCUT2D eigenvalue weighted by Crippen LogP contribution is 2.10. The number of aryl methyl sites for hydroxylation is 1. The van der Waals surface area contributed by atoms with Gasteiger partial charge in [-0.3, -0.25) is 0 Å². The Balaban J connectivity index is 2.62. The minimum absolute atomic E-state index is 0.0644. The molecule has 19 heavy (non-hydrogen) atoms. The zero-order chi connectivity index (χ0) is 14.6. The number of sulfonamides is 1. The SMILES string of the molecule is Cc1cc(F)ccc1CCNS(=O)(=O)C(C)C(N)=S. The van der Waals surface area contributed by atoms with E-state index in [1.807, 2.05) is 0 Å². The molecule has 106 valence electrons. The molecule has 0 bridgehead atoms. The smallest absolute Gasteiger partial charge is 0.220 e. The largest absolute Gasteiger partial charge is 0.392 e. The molecule has 1 atom stereocenters. The molecule has 0 amide bonds. The third kappa shape index (κ3) is 4.52. The zero-order valence-corrected chi connectivity index (χ0v) is 12.4. The second-order valence-electron chi connectivity index (χ2n) is 4.30. The first-order valence-corrected chi connectivity index (χ1v) is 7.72. The molecular weight excluding hydrogens is 287 g/mol. The summed E-state index contributed by atoms with van der Waals surface area (Å²) in [6, 6.07) is 4.42. The summed E-state index contributed by atoms with van der Waals surface area (Å²) in [6.07, 6.45) is 0.482. The Kier molecular flexibility index (Phi) is 5.39. The van der Waals surface area contributed by atoms with Crippen LogP contribution in [-0.2, 0) is 16.4 Å². The van der Waals surface area contributed by atoms with E-state index >= 15 is 0 Å². The maximum absolute atomic E-state index is 12.9. The fourth-order valence-corrected chi connectivity index (χ4v) is 2.87. The molecule has 3 N–H and O–H groups in total. The van der Waals surface area contributed by atoms with Gasteiger partial charge in [0, 0.05) is 6.54 Å². The second-order valence-corrected chi connectivity index (χ2v) is 6.86. The highest BCUT2D eigenvalue weighted by molar-refractivity contribution is 7.93. The Bertz CT molecular complexity index is 573. The van der Waals surface area contributed by atoms with Crippen LogP contribution in [0.3, 0.4) is 0 Å². The van der Waals surface area contributed by atoms with Crippen LogP contribution in [0, 0.1) is 12.7 Å². The van der Waals surface area contributed by atoms with Gasteiger partial charge in [-0.25, -0.2) is 17.5 Å². The predicted octanol–water partition coefficient (Wildman–Crippen LogP) is 1.27. The van der Waals surface area contributed by atoms with Crippen molar-refractivity contribution in [2.45, 2.75) is 25.5 Å². The number of halogens is 1. The van der Waals surface area contributed by atoms with Crippen molar-refractivity contribution in [3.63, 3.8) is 0 Å². The molecule has 0 aliphatic heterocycles. The lowest BCUT2D eigenvalue weighted by atomic mass is 10.1. The van der Waals surface area contributed by atoms with Crippen molar-refractivity contribution in [1.82, 2.24) is 4.72 Å². The van der Waals surface area contributed by atoms with E-state index in [0.29, 0.717) is 6.42 Å². The van der Waals surface area contributed by atoms with Gasteiger partial charge in [0.2, 0.25) is 10.0 Å². The summed E-state index contributed by atoms with van der Waals surface area (Å²) < 4.78 is 38.9. The van der Waals surface area contributed by atoms with E-state index in [1.54, 1.807) is 13.0 Å². The zero-order valence-electron chi connectivity index (χ0n) is 10.8. The summed E-state index contributed by atoms with van der Waals surface area (Å²) in [5.41, 5.74) is 7.00. The van der Waals surface area contributed by atoms with E-state index in [2.05, 4.69) is 16.9 Å². The Morgan fingerprint density at radius 1 is 1.53 bits per heavy atom. The third-order valence-corrected chi connectivity index (χ3v) is 5.16. The molecule has 0 saturated carbocycles. The molecule has 0 aliphatic carbocycles. The van der Waals surface area contributed by atoms with Crippen molar-refractivity contribution >= 4 is 27.2 Å². The summed E-state index contributed by atoms with van der Waals surface area (Å²) in [4.78, 5) is -0.0644. The molecule has 0 heterocycles. The van der Waals surface area contributed by atoms with E-state index < -0.39 is 15.3 Å². The molecule has 1 unspecified atom stereocenters. The lowest BCUT2D eigenvalue weighted by Crippen LogP contribution is -2.40. The minimum atomic E-state index is -3.54. The Labute approximate surface area is 118 Å². The van der Waals surface area contributed by atoms with Crippen LogP contribution in [0.25, 0.3) is 0 Å². The average Bonchev–Trinajstić information content (AvgIpc) is 2.30. The first-order valence-electron chi connectivity index (χ1n) is 5.77. The van der Waals surface area contributed by atoms with Gasteiger partial charge < -0.3 is 5.73 Å². The van der Waals surface area contributed by atoms with Crippen LogP contribution in [0.4, 0.5) is 4.39 Å². The second kappa shape index (κ2) is 6.40. The fourth-order valence-electron chi connectivity index (χ4n) is 1.55. The molecule has 0 aromatic heterocycles. The maximum Gasteiger partial charge on any atom is 0.220 e. The van der Waals surface area contributed by atoms with Crippen LogP contribution >= 0.6 is 12.2 Å². The molecule has 0 spiro atoms. The van der Waals surface area contributed by atoms with Crippen molar-refractivity contribution in [2.24, 2.45) is 5.73 Å². The molecule has 7 heteroatoms. The molecule has 1 rings (SSSR count). The van der Waals surface area contributed by atoms with Crippen LogP contribution < -0.4 is 10.5 Å². The molecule has 1 aromatic carbocycles. The minimum Gasteiger partial charge on any atom is -0.392 e. The average molecular weight is 304 g/mol. The van der Waals surface area contributed by atoms with Gasteiger partial charge in [-0.05, 0) is 43.5 Å². The normalized spacial score (nSPS) is 13.2. The summed E-state index contributed by atoms with van der Waals surface area (Å²) in [6.45, 7) is 3.44. The standard InChI is InChI=1S/C12H17FN2O2S2/c1-8-7-11(13)4-3-10(8)5-6-15-19(16,17)9(2)12(14)18/h3-4,7,9,15H,5-6H2,1-2H3,(H2,14,18). The van der Waals surface area contributed by atoms with Gasteiger partial charge in [0.15, 0.2) is 0 Å². The number of rotatable bonds is 6. The highest BCUT2D eigenvalue weighted by atomic mass is 32.2. The van der Waals surface area contributed by atoms with Crippen LogP contribution in [0.2, 0.25) is 0 Å². The monoisotopic (exact) mass is 304 g/mol. The molecule has 4 nitrogen and oxygen atoms in total. The molecule has 0 fully saturated rings. The van der Waals surface area contributed by atoms with E-state index in [4.69, 9.17) is 5.73 Å². The number of thiocarbonyl (C=S) groups is 1. The van der Waals surface area contributed by atoms with Gasteiger partial charge in [-0.15, -0.1) is 0 Å². The van der Waals surface area contributed by atoms with Crippen LogP contribution in [0.5, 0.6) is 0 Å². The van der Waals surface area contributed by atoms with Gasteiger partial charge in [-0.2, -0.15) is 0 Å². The molecule has 0 saturated heterocycles. The van der Waals surface area contributed by atoms with E-state index in [9.17, 15) is 12.8 Å². The van der Waals surface area contributed by atoms with Crippen LogP contribution in [0.15, 0.2) is 18.2 Å². The fraction of sp³-hybridized carbons (Fsp3) is 0.417. The summed E-state index contributed by atoms with van der Waals surface area (Å²) in [5, 5.41) is -0.906. The Hall–Kier alpha value is -1.05. The topological polar surface area (TPSA) is 72.2 Å². The van der Waals surface area contributed by atoms with Gasteiger partial charge in [0.25, 0.3) is 0 Å². The third-order valence-electron chi connectivity index (χ3n) is 2.87. The van der Waals surface area contributed by atoms with Crippen molar-refractivity contribution in [3.05, 3.63) is 35.1 Å². The number of hydrogen-bond acceptors (Lipinski definition) is 3. The van der Waals surface area contributed by atoms with Crippen molar-refractivity contribution < 1.29 is 12.8 Å². The van der Waals surface area contributed by atoms with Crippen molar-refractivity contribution in [1.29, 1.82) is 0 Å². The highest BCUT2D eigenvalue weighted by Gasteiger charge is 2.22. The van der Waals surface area contributed by atoms with Crippen molar-refractivity contribution in [2.75, 3.05) is 6.54 Å². The van der Waals surface area contributed by atoms with Gasteiger partial charge in [-0.1, -0.05) is 18.3 Å². The molecule has 1 aromatic rings. The summed E-state index contributed by atoms with van der Waals surface area (Å²) >= 11 is 4.66. The van der Waals surface area contributed by atoms with Gasteiger partial charge >= 0.3 is 0 Å². The quantitative estimate of drug-likeness (QED) is 0.776. The number of benzene rings is 1. The van der Waals surface area contributed by atoms with E-state index in [-0.39, 0.29) is 17.4 Å². The van der Waals surface area contributed by atoms with E-state index in [1.165, 1.54) is 19.1 Å². The number of hydrogen-bond donors (Lipinski definition) is 2. The Morgan fingerprint density at radius 3 is 2.68 bits per heavy atom.